The summed E-state index contributed by atoms with van der Waals surface area (Å²) in [6.07, 6.45) is 3.98. The number of ether oxygens (including phenoxy) is 3. The zero-order valence-electron chi connectivity index (χ0n) is 21.3. The lowest BCUT2D eigenvalue weighted by atomic mass is 9.73. The number of allylic oxidation sites excluding steroid dienone is 4. The summed E-state index contributed by atoms with van der Waals surface area (Å²) in [4.78, 5) is 26.4. The smallest absolute Gasteiger partial charge is 0.174 e. The van der Waals surface area contributed by atoms with Crippen LogP contribution in [0.5, 0.6) is 11.5 Å². The van der Waals surface area contributed by atoms with Gasteiger partial charge >= 0.3 is 0 Å². The lowest BCUT2D eigenvalue weighted by molar-refractivity contribution is -0.117. The zero-order valence-corrected chi connectivity index (χ0v) is 23.5. The summed E-state index contributed by atoms with van der Waals surface area (Å²) in [5, 5.41) is 2.33. The highest BCUT2D eigenvalue weighted by atomic mass is 127. The molecule has 0 aromatic heterocycles. The van der Waals surface area contributed by atoms with Crippen LogP contribution < -0.4 is 9.47 Å². The van der Waals surface area contributed by atoms with E-state index in [1.54, 1.807) is 0 Å². The lowest BCUT2D eigenvalue weighted by Gasteiger charge is -2.36. The van der Waals surface area contributed by atoms with Gasteiger partial charge in [0.15, 0.2) is 23.1 Å². The number of halogens is 1. The Labute approximate surface area is 236 Å². The quantitative estimate of drug-likeness (QED) is 0.267. The van der Waals surface area contributed by atoms with Crippen LogP contribution in [0.4, 0.5) is 0 Å². The molecule has 0 atom stereocenters. The molecule has 194 valence electrons. The number of rotatable bonds is 6. The van der Waals surface area contributed by atoms with E-state index in [0.717, 1.165) is 57.3 Å². The van der Waals surface area contributed by atoms with Gasteiger partial charge in [0.25, 0.3) is 0 Å². The number of carbonyl (C=O) groups excluding carboxylic acids is 2. The molecule has 0 N–H and O–H groups in total. The number of Topliss-reactive ketones (excluding diaryl/α,β-unsaturated/α-hetero) is 2. The molecule has 38 heavy (non-hydrogen) atoms. The molecule has 3 aromatic carbocycles. The van der Waals surface area contributed by atoms with Gasteiger partial charge in [0.05, 0.1) is 10.2 Å². The molecule has 0 radical (unpaired) electrons. The molecule has 1 heterocycles. The average molecular weight is 620 g/mol. The van der Waals surface area contributed by atoms with Gasteiger partial charge in [-0.1, -0.05) is 42.5 Å². The molecule has 0 amide bonds. The summed E-state index contributed by atoms with van der Waals surface area (Å²) in [5.74, 6) is 2.50. The lowest BCUT2D eigenvalue weighted by Crippen LogP contribution is -2.30. The van der Waals surface area contributed by atoms with Crippen molar-refractivity contribution < 1.29 is 23.8 Å². The van der Waals surface area contributed by atoms with Crippen LogP contribution >= 0.6 is 22.6 Å². The van der Waals surface area contributed by atoms with E-state index in [0.29, 0.717) is 48.7 Å². The second-order valence-corrected chi connectivity index (χ2v) is 11.1. The Morgan fingerprint density at radius 1 is 0.868 bits per heavy atom. The van der Waals surface area contributed by atoms with Crippen LogP contribution in [-0.2, 0) is 20.9 Å². The van der Waals surface area contributed by atoms with Gasteiger partial charge < -0.3 is 14.2 Å². The highest BCUT2D eigenvalue weighted by Gasteiger charge is 2.42. The average Bonchev–Trinajstić information content (AvgIpc) is 2.92. The molecule has 6 heteroatoms. The highest BCUT2D eigenvalue weighted by molar-refractivity contribution is 14.1. The van der Waals surface area contributed by atoms with Gasteiger partial charge in [-0.25, -0.2) is 0 Å². The molecular formula is C32H29IO5. The first-order chi connectivity index (χ1) is 18.5. The number of benzene rings is 3. The third-order valence-corrected chi connectivity index (χ3v) is 8.36. The third kappa shape index (κ3) is 4.53. The van der Waals surface area contributed by atoms with E-state index in [1.807, 2.05) is 37.3 Å². The Balaban J connectivity index is 1.41. The summed E-state index contributed by atoms with van der Waals surface area (Å²) in [6.45, 7) is 2.81. The fraction of sp³-hybridized carbons (Fsp3) is 0.312. The van der Waals surface area contributed by atoms with Crippen molar-refractivity contribution >= 4 is 44.9 Å². The van der Waals surface area contributed by atoms with Gasteiger partial charge in [0.1, 0.15) is 18.1 Å². The molecule has 6 rings (SSSR count). The summed E-state index contributed by atoms with van der Waals surface area (Å²) in [6, 6.07) is 18.5. The minimum Gasteiger partial charge on any atom is -0.490 e. The maximum atomic E-state index is 13.2. The van der Waals surface area contributed by atoms with Crippen molar-refractivity contribution in [2.45, 2.75) is 58.0 Å². The molecule has 0 spiro atoms. The van der Waals surface area contributed by atoms with Crippen molar-refractivity contribution in [2.75, 3.05) is 6.61 Å². The Bertz CT molecular complexity index is 1470. The Morgan fingerprint density at radius 2 is 1.55 bits per heavy atom. The van der Waals surface area contributed by atoms with Gasteiger partial charge in [-0.05, 0) is 76.4 Å². The van der Waals surface area contributed by atoms with Gasteiger partial charge in [0.2, 0.25) is 0 Å². The fourth-order valence-electron chi connectivity index (χ4n) is 5.88. The van der Waals surface area contributed by atoms with Crippen molar-refractivity contribution in [3.63, 3.8) is 0 Å². The van der Waals surface area contributed by atoms with Crippen LogP contribution in [0.1, 0.15) is 62.5 Å². The second-order valence-electron chi connectivity index (χ2n) is 9.95. The number of ketones is 2. The SMILES string of the molecule is CCOc1cc(C2C3=C(CCCC3=O)OC3=C2C(=O)CCC3)cc(I)c1OCc1cccc2ccccc12. The number of fused-ring (bicyclic) bond motifs is 1. The van der Waals surface area contributed by atoms with Crippen LogP contribution in [0.15, 0.2) is 77.3 Å². The molecule has 0 saturated heterocycles. The monoisotopic (exact) mass is 620 g/mol. The standard InChI is InChI=1S/C32H29IO5/c1-2-36-28-17-21(16-23(33)32(28)37-18-20-10-5-9-19-8-3-4-11-22(19)20)29-30-24(34)12-6-14-26(30)38-27-15-7-13-25(35)31(27)29/h3-5,8-11,16-17,29H,2,6-7,12-15,18H2,1H3. The maximum Gasteiger partial charge on any atom is 0.174 e. The van der Waals surface area contributed by atoms with Crippen molar-refractivity contribution in [2.24, 2.45) is 0 Å². The first kappa shape index (κ1) is 25.2. The highest BCUT2D eigenvalue weighted by Crippen LogP contribution is 2.49. The number of hydrogen-bond donors (Lipinski definition) is 0. The molecule has 3 aliphatic rings. The molecule has 0 unspecified atom stereocenters. The predicted molar refractivity (Wildman–Crippen MR) is 154 cm³/mol. The van der Waals surface area contributed by atoms with Crippen LogP contribution in [0, 0.1) is 3.57 Å². The summed E-state index contributed by atoms with van der Waals surface area (Å²) < 4.78 is 19.6. The van der Waals surface area contributed by atoms with Gasteiger partial charge in [-0.3, -0.25) is 9.59 Å². The van der Waals surface area contributed by atoms with Crippen LogP contribution in [0.25, 0.3) is 10.8 Å². The summed E-state index contributed by atoms with van der Waals surface area (Å²) >= 11 is 2.28. The molecule has 0 fully saturated rings. The molecule has 5 nitrogen and oxygen atoms in total. The first-order valence-corrected chi connectivity index (χ1v) is 14.4. The second kappa shape index (κ2) is 10.6. The summed E-state index contributed by atoms with van der Waals surface area (Å²) in [7, 11) is 0. The van der Waals surface area contributed by atoms with Crippen LogP contribution in [0.2, 0.25) is 0 Å². The minimum absolute atomic E-state index is 0.0745. The Kier molecular flexibility index (Phi) is 6.99. The van der Waals surface area contributed by atoms with Crippen molar-refractivity contribution in [1.82, 2.24) is 0 Å². The van der Waals surface area contributed by atoms with E-state index >= 15 is 0 Å². The number of carbonyl (C=O) groups is 2. The Hall–Kier alpha value is -3.13. The molecular weight excluding hydrogens is 591 g/mol. The van der Waals surface area contributed by atoms with Gasteiger partial charge in [-0.2, -0.15) is 0 Å². The zero-order chi connectivity index (χ0) is 26.2. The van der Waals surface area contributed by atoms with Crippen molar-refractivity contribution in [3.05, 3.63) is 92.0 Å². The van der Waals surface area contributed by atoms with Crippen molar-refractivity contribution in [3.8, 4) is 11.5 Å². The Morgan fingerprint density at radius 3 is 2.26 bits per heavy atom. The van der Waals surface area contributed by atoms with Crippen LogP contribution in [0.3, 0.4) is 0 Å². The third-order valence-electron chi connectivity index (χ3n) is 7.56. The fourth-order valence-corrected chi connectivity index (χ4v) is 6.66. The van der Waals surface area contributed by atoms with E-state index in [-0.39, 0.29) is 11.6 Å². The summed E-state index contributed by atoms with van der Waals surface area (Å²) in [5.41, 5.74) is 3.27. The molecule has 2 aliphatic carbocycles. The molecule has 1 aliphatic heterocycles. The number of hydrogen-bond acceptors (Lipinski definition) is 5. The normalized spacial score (nSPS) is 17.8. The van der Waals surface area contributed by atoms with Gasteiger partial charge in [0, 0.05) is 42.7 Å². The van der Waals surface area contributed by atoms with E-state index in [1.165, 1.54) is 5.39 Å². The van der Waals surface area contributed by atoms with Crippen LogP contribution in [-0.4, -0.2) is 18.2 Å². The van der Waals surface area contributed by atoms with E-state index in [4.69, 9.17) is 14.2 Å². The molecule has 0 saturated carbocycles. The van der Waals surface area contributed by atoms with Crippen molar-refractivity contribution in [1.29, 1.82) is 0 Å². The predicted octanol–water partition coefficient (Wildman–Crippen LogP) is 7.55. The van der Waals surface area contributed by atoms with E-state index < -0.39 is 5.92 Å². The van der Waals surface area contributed by atoms with E-state index in [2.05, 4.69) is 46.9 Å². The topological polar surface area (TPSA) is 61.8 Å². The molecule has 0 bridgehead atoms. The van der Waals surface area contributed by atoms with Gasteiger partial charge in [-0.15, -0.1) is 0 Å². The maximum absolute atomic E-state index is 13.2. The largest absolute Gasteiger partial charge is 0.490 e. The van der Waals surface area contributed by atoms with E-state index in [9.17, 15) is 9.59 Å². The molecule has 3 aromatic rings. The minimum atomic E-state index is -0.422. The first-order valence-electron chi connectivity index (χ1n) is 13.3.